The highest BCUT2D eigenvalue weighted by atomic mass is 32.2. The minimum absolute atomic E-state index is 0.0110. The number of benzene rings is 2. The number of hydrogen-bond acceptors (Lipinski definition) is 8. The van der Waals surface area contributed by atoms with Crippen LogP contribution in [0.25, 0.3) is 5.65 Å². The van der Waals surface area contributed by atoms with Gasteiger partial charge in [0.15, 0.2) is 23.0 Å². The van der Waals surface area contributed by atoms with Gasteiger partial charge in [-0.3, -0.25) is 0 Å². The molecule has 1 aliphatic heterocycles. The standard InChI is InChI=1S/C21H19FN6O4S/c22-15-2-4-16(5-3-15)33(29,30)24-10-9-21-26-25-20-8-7-19(27-28(20)21)23-12-14-1-6-17-18(11-14)32-13-31-17/h1-8,11,24H,9-10,12-13H2,(H,23,27). The predicted octanol–water partition coefficient (Wildman–Crippen LogP) is 2.13. The molecule has 2 aromatic carbocycles. The Morgan fingerprint density at radius 1 is 1.00 bits per heavy atom. The van der Waals surface area contributed by atoms with Gasteiger partial charge in [-0.1, -0.05) is 6.07 Å². The molecule has 10 nitrogen and oxygen atoms in total. The first-order valence-electron chi connectivity index (χ1n) is 10.1. The quantitative estimate of drug-likeness (QED) is 0.402. The Hall–Kier alpha value is -3.77. The van der Waals surface area contributed by atoms with Crippen molar-refractivity contribution >= 4 is 21.5 Å². The van der Waals surface area contributed by atoms with E-state index in [2.05, 4.69) is 25.3 Å². The normalized spacial score (nSPS) is 12.9. The van der Waals surface area contributed by atoms with Crippen molar-refractivity contribution in [3.8, 4) is 11.5 Å². The first-order valence-corrected chi connectivity index (χ1v) is 11.6. The van der Waals surface area contributed by atoms with Gasteiger partial charge in [0, 0.05) is 19.5 Å². The number of ether oxygens (including phenoxy) is 2. The Kier molecular flexibility index (Phi) is 5.52. The zero-order valence-corrected chi connectivity index (χ0v) is 18.0. The average Bonchev–Trinajstić information content (AvgIpc) is 3.44. The van der Waals surface area contributed by atoms with Gasteiger partial charge in [0.05, 0.1) is 4.90 Å². The second-order valence-corrected chi connectivity index (χ2v) is 9.01. The van der Waals surface area contributed by atoms with Gasteiger partial charge < -0.3 is 14.8 Å². The molecular weight excluding hydrogens is 451 g/mol. The molecule has 0 atom stereocenters. The lowest BCUT2D eigenvalue weighted by Gasteiger charge is -2.08. The number of hydrogen-bond donors (Lipinski definition) is 2. The minimum atomic E-state index is -3.76. The highest BCUT2D eigenvalue weighted by molar-refractivity contribution is 7.89. The summed E-state index contributed by atoms with van der Waals surface area (Å²) in [5, 5.41) is 15.9. The number of halogens is 1. The molecule has 0 unspecified atom stereocenters. The first kappa shape index (κ1) is 21.1. The Bertz CT molecular complexity index is 1410. The van der Waals surface area contributed by atoms with Crippen molar-refractivity contribution in [1.82, 2.24) is 24.5 Å². The van der Waals surface area contributed by atoms with E-state index >= 15 is 0 Å². The van der Waals surface area contributed by atoms with Gasteiger partial charge in [0.2, 0.25) is 16.8 Å². The van der Waals surface area contributed by atoms with Crippen molar-refractivity contribution in [2.75, 3.05) is 18.7 Å². The summed E-state index contributed by atoms with van der Waals surface area (Å²) in [7, 11) is -3.76. The van der Waals surface area contributed by atoms with Gasteiger partial charge in [-0.15, -0.1) is 15.3 Å². The third-order valence-corrected chi connectivity index (χ3v) is 6.48. The van der Waals surface area contributed by atoms with Gasteiger partial charge in [0.1, 0.15) is 11.6 Å². The Labute approximate surface area is 188 Å². The van der Waals surface area contributed by atoms with Crippen LogP contribution in [-0.2, 0) is 23.0 Å². The Morgan fingerprint density at radius 3 is 2.67 bits per heavy atom. The maximum absolute atomic E-state index is 13.0. The minimum Gasteiger partial charge on any atom is -0.454 e. The molecule has 5 rings (SSSR count). The fourth-order valence-corrected chi connectivity index (χ4v) is 4.35. The van der Waals surface area contributed by atoms with Crippen molar-refractivity contribution < 1.29 is 22.3 Å². The lowest BCUT2D eigenvalue weighted by molar-refractivity contribution is 0.174. The molecular formula is C21H19FN6O4S. The lowest BCUT2D eigenvalue weighted by atomic mass is 10.2. The van der Waals surface area contributed by atoms with E-state index in [1.807, 2.05) is 18.2 Å². The van der Waals surface area contributed by atoms with Crippen LogP contribution in [-0.4, -0.2) is 41.6 Å². The van der Waals surface area contributed by atoms with Gasteiger partial charge in [-0.05, 0) is 54.1 Å². The molecule has 2 aromatic heterocycles. The maximum Gasteiger partial charge on any atom is 0.240 e. The smallest absolute Gasteiger partial charge is 0.240 e. The number of aromatic nitrogens is 4. The summed E-state index contributed by atoms with van der Waals surface area (Å²) in [5.41, 5.74) is 1.54. The largest absolute Gasteiger partial charge is 0.454 e. The number of nitrogens with one attached hydrogen (secondary N) is 2. The van der Waals surface area contributed by atoms with Crippen molar-refractivity contribution in [1.29, 1.82) is 0 Å². The molecule has 0 radical (unpaired) electrons. The second-order valence-electron chi connectivity index (χ2n) is 7.25. The molecule has 0 bridgehead atoms. The van der Waals surface area contributed by atoms with Crippen LogP contribution in [0.1, 0.15) is 11.4 Å². The van der Waals surface area contributed by atoms with Gasteiger partial charge in [0.25, 0.3) is 0 Å². The first-order chi connectivity index (χ1) is 16.0. The van der Waals surface area contributed by atoms with Crippen LogP contribution in [0, 0.1) is 5.82 Å². The second kappa shape index (κ2) is 8.64. The van der Waals surface area contributed by atoms with Gasteiger partial charge >= 0.3 is 0 Å². The summed E-state index contributed by atoms with van der Waals surface area (Å²) >= 11 is 0. The summed E-state index contributed by atoms with van der Waals surface area (Å²) in [6.45, 7) is 0.821. The number of anilines is 1. The van der Waals surface area contributed by atoms with Crippen molar-refractivity contribution in [2.24, 2.45) is 0 Å². The summed E-state index contributed by atoms with van der Waals surface area (Å²) in [6, 6.07) is 13.9. The van der Waals surface area contributed by atoms with E-state index in [4.69, 9.17) is 9.47 Å². The Balaban J connectivity index is 1.24. The molecule has 0 spiro atoms. The molecule has 3 heterocycles. The number of fused-ring (bicyclic) bond motifs is 2. The summed E-state index contributed by atoms with van der Waals surface area (Å²) in [6.07, 6.45) is 0.264. The van der Waals surface area contributed by atoms with Crippen LogP contribution in [0.4, 0.5) is 10.2 Å². The predicted molar refractivity (Wildman–Crippen MR) is 116 cm³/mol. The molecule has 170 valence electrons. The fourth-order valence-electron chi connectivity index (χ4n) is 3.32. The molecule has 33 heavy (non-hydrogen) atoms. The van der Waals surface area contributed by atoms with Crippen molar-refractivity contribution in [3.05, 3.63) is 71.8 Å². The van der Waals surface area contributed by atoms with Crippen molar-refractivity contribution in [2.45, 2.75) is 17.9 Å². The topological polar surface area (TPSA) is 120 Å². The highest BCUT2D eigenvalue weighted by Gasteiger charge is 2.16. The summed E-state index contributed by atoms with van der Waals surface area (Å²) < 4.78 is 52.5. The van der Waals surface area contributed by atoms with Crippen LogP contribution < -0.4 is 19.5 Å². The zero-order valence-electron chi connectivity index (χ0n) is 17.2. The molecule has 0 saturated heterocycles. The molecule has 0 aliphatic carbocycles. The van der Waals surface area contributed by atoms with Gasteiger partial charge in [-0.2, -0.15) is 4.52 Å². The zero-order chi connectivity index (χ0) is 22.8. The molecule has 0 saturated carbocycles. The Morgan fingerprint density at radius 2 is 1.82 bits per heavy atom. The van der Waals surface area contributed by atoms with Crippen LogP contribution in [0.2, 0.25) is 0 Å². The van der Waals surface area contributed by atoms with E-state index in [0.717, 1.165) is 23.4 Å². The molecule has 2 N–H and O–H groups in total. The number of rotatable bonds is 8. The monoisotopic (exact) mass is 470 g/mol. The summed E-state index contributed by atoms with van der Waals surface area (Å²) in [4.78, 5) is -0.0110. The highest BCUT2D eigenvalue weighted by Crippen LogP contribution is 2.32. The van der Waals surface area contributed by atoms with E-state index in [9.17, 15) is 12.8 Å². The third-order valence-electron chi connectivity index (χ3n) is 5.00. The molecule has 12 heteroatoms. The van der Waals surface area contributed by atoms with E-state index in [1.165, 1.54) is 12.1 Å². The fraction of sp³-hybridized carbons (Fsp3) is 0.190. The van der Waals surface area contributed by atoms with Crippen LogP contribution in [0.3, 0.4) is 0 Å². The van der Waals surface area contributed by atoms with Crippen LogP contribution in [0.15, 0.2) is 59.5 Å². The third kappa shape index (κ3) is 4.56. The van der Waals surface area contributed by atoms with E-state index in [1.54, 1.807) is 16.6 Å². The molecule has 0 fully saturated rings. The molecule has 0 amide bonds. The average molecular weight is 470 g/mol. The lowest BCUT2D eigenvalue weighted by Crippen LogP contribution is -2.26. The SMILES string of the molecule is O=S(=O)(NCCc1nnc2ccc(NCc3ccc4c(c3)OCO4)nn12)c1ccc(F)cc1. The van der Waals surface area contributed by atoms with E-state index in [0.29, 0.717) is 29.6 Å². The molecule has 1 aliphatic rings. The van der Waals surface area contributed by atoms with E-state index in [-0.39, 0.29) is 24.7 Å². The summed E-state index contributed by atoms with van der Waals surface area (Å²) in [5.74, 6) is 2.04. The number of sulfonamides is 1. The van der Waals surface area contributed by atoms with Crippen LogP contribution >= 0.6 is 0 Å². The van der Waals surface area contributed by atoms with Crippen LogP contribution in [0.5, 0.6) is 11.5 Å². The number of nitrogens with zero attached hydrogens (tertiary/aromatic N) is 4. The van der Waals surface area contributed by atoms with E-state index < -0.39 is 15.8 Å². The maximum atomic E-state index is 13.0. The van der Waals surface area contributed by atoms with Crippen molar-refractivity contribution in [3.63, 3.8) is 0 Å². The van der Waals surface area contributed by atoms with Gasteiger partial charge in [-0.25, -0.2) is 17.5 Å². The molecule has 4 aromatic rings.